The Morgan fingerprint density at radius 2 is 2.04 bits per heavy atom. The maximum atomic E-state index is 12.0. The molecule has 0 spiro atoms. The molecule has 0 saturated carbocycles. The van der Waals surface area contributed by atoms with Crippen LogP contribution in [-0.4, -0.2) is 36.7 Å². The molecular weight excluding hydrogens is 324 g/mol. The highest BCUT2D eigenvalue weighted by molar-refractivity contribution is 5.91. The lowest BCUT2D eigenvalue weighted by Crippen LogP contribution is -2.33. The third-order valence-electron chi connectivity index (χ3n) is 4.32. The molecule has 0 N–H and O–H groups in total. The molecule has 0 aromatic rings. The van der Waals surface area contributed by atoms with Crippen LogP contribution in [0.4, 0.5) is 0 Å². The molecule has 1 saturated heterocycles. The summed E-state index contributed by atoms with van der Waals surface area (Å²) in [5.41, 5.74) is 2.22. The van der Waals surface area contributed by atoms with E-state index in [9.17, 15) is 14.4 Å². The molecule has 1 aliphatic carbocycles. The third-order valence-corrected chi connectivity index (χ3v) is 4.32. The monoisotopic (exact) mass is 348 g/mol. The highest BCUT2D eigenvalue weighted by Crippen LogP contribution is 2.36. The van der Waals surface area contributed by atoms with Gasteiger partial charge in [-0.3, -0.25) is 9.59 Å². The second-order valence-electron chi connectivity index (χ2n) is 6.47. The smallest absolute Gasteiger partial charge is 0.334 e. The minimum Gasteiger partial charge on any atom is -0.461 e. The fourth-order valence-corrected chi connectivity index (χ4v) is 3.16. The lowest BCUT2D eigenvalue weighted by molar-refractivity contribution is -0.149. The fraction of sp³-hybridized carbons (Fsp3) is 0.526. The van der Waals surface area contributed by atoms with Gasteiger partial charge in [-0.2, -0.15) is 0 Å². The zero-order valence-corrected chi connectivity index (χ0v) is 14.9. The van der Waals surface area contributed by atoms with E-state index in [1.807, 2.05) is 19.1 Å². The quantitative estimate of drug-likeness (QED) is 0.338. The van der Waals surface area contributed by atoms with Crippen LogP contribution in [0.3, 0.4) is 0 Å². The summed E-state index contributed by atoms with van der Waals surface area (Å²) in [5, 5.41) is 0. The second-order valence-corrected chi connectivity index (χ2v) is 6.47. The third kappa shape index (κ3) is 5.05. The second kappa shape index (κ2) is 8.14. The lowest BCUT2D eigenvalue weighted by atomic mass is 9.85. The van der Waals surface area contributed by atoms with Gasteiger partial charge in [0.15, 0.2) is 0 Å². The van der Waals surface area contributed by atoms with Crippen molar-refractivity contribution in [2.45, 2.75) is 52.2 Å². The van der Waals surface area contributed by atoms with Crippen molar-refractivity contribution in [3.05, 3.63) is 35.5 Å². The van der Waals surface area contributed by atoms with Crippen LogP contribution in [0.25, 0.3) is 0 Å². The zero-order valence-electron chi connectivity index (χ0n) is 14.9. The number of esters is 3. The Labute approximate surface area is 147 Å². The van der Waals surface area contributed by atoms with E-state index in [0.717, 1.165) is 24.0 Å². The predicted molar refractivity (Wildman–Crippen MR) is 90.4 cm³/mol. The van der Waals surface area contributed by atoms with Crippen molar-refractivity contribution >= 4 is 17.9 Å². The first-order chi connectivity index (χ1) is 11.8. The first-order valence-corrected chi connectivity index (χ1v) is 8.33. The summed E-state index contributed by atoms with van der Waals surface area (Å²) in [5.74, 6) is -1.74. The summed E-state index contributed by atoms with van der Waals surface area (Å²) in [6.45, 7) is 8.60. The molecule has 0 bridgehead atoms. The highest BCUT2D eigenvalue weighted by Gasteiger charge is 2.44. The summed E-state index contributed by atoms with van der Waals surface area (Å²) in [6, 6.07) is 0. The summed E-state index contributed by atoms with van der Waals surface area (Å²) >= 11 is 0. The van der Waals surface area contributed by atoms with E-state index in [2.05, 4.69) is 6.58 Å². The largest absolute Gasteiger partial charge is 0.461 e. The minimum absolute atomic E-state index is 0.133. The van der Waals surface area contributed by atoms with Crippen molar-refractivity contribution in [3.63, 3.8) is 0 Å². The fourth-order valence-electron chi connectivity index (χ4n) is 3.16. The topological polar surface area (TPSA) is 78.9 Å². The van der Waals surface area contributed by atoms with E-state index < -0.39 is 30.1 Å². The molecular formula is C19H24O6. The van der Waals surface area contributed by atoms with E-state index in [-0.39, 0.29) is 12.6 Å². The van der Waals surface area contributed by atoms with Gasteiger partial charge in [0.25, 0.3) is 0 Å². The highest BCUT2D eigenvalue weighted by atomic mass is 16.6. The lowest BCUT2D eigenvalue weighted by Gasteiger charge is -2.27. The number of carbonyl (C=O) groups is 3. The van der Waals surface area contributed by atoms with Gasteiger partial charge in [-0.15, -0.1) is 0 Å². The number of hydrogen-bond acceptors (Lipinski definition) is 6. The number of allylic oxidation sites excluding steroid dienone is 2. The molecule has 1 aliphatic heterocycles. The van der Waals surface area contributed by atoms with Gasteiger partial charge in [-0.1, -0.05) is 18.2 Å². The Kier molecular flexibility index (Phi) is 6.17. The van der Waals surface area contributed by atoms with Crippen molar-refractivity contribution in [1.82, 2.24) is 0 Å². The van der Waals surface area contributed by atoms with Crippen LogP contribution in [0.2, 0.25) is 0 Å². The normalized spacial score (nSPS) is 30.9. The maximum Gasteiger partial charge on any atom is 0.334 e. The van der Waals surface area contributed by atoms with E-state index in [1.54, 1.807) is 0 Å². The molecule has 0 amide bonds. The van der Waals surface area contributed by atoms with Crippen molar-refractivity contribution in [1.29, 1.82) is 0 Å². The van der Waals surface area contributed by atoms with E-state index in [0.29, 0.717) is 12.0 Å². The first-order valence-electron chi connectivity index (χ1n) is 8.33. The average molecular weight is 348 g/mol. The van der Waals surface area contributed by atoms with Crippen molar-refractivity contribution in [2.75, 3.05) is 6.61 Å². The molecule has 0 aromatic carbocycles. The molecule has 0 aromatic heterocycles. The number of hydrogen-bond donors (Lipinski definition) is 0. The van der Waals surface area contributed by atoms with Crippen LogP contribution in [0, 0.1) is 5.92 Å². The van der Waals surface area contributed by atoms with Gasteiger partial charge < -0.3 is 14.2 Å². The van der Waals surface area contributed by atoms with Crippen molar-refractivity contribution in [2.24, 2.45) is 5.92 Å². The molecule has 1 heterocycles. The van der Waals surface area contributed by atoms with Crippen LogP contribution in [0.1, 0.15) is 40.0 Å². The Hall–Kier alpha value is -2.37. The van der Waals surface area contributed by atoms with Crippen LogP contribution < -0.4 is 0 Å². The zero-order chi connectivity index (χ0) is 18.6. The molecule has 2 rings (SSSR count). The number of carbonyl (C=O) groups excluding carboxylic acids is 3. The van der Waals surface area contributed by atoms with Gasteiger partial charge in [-0.05, 0) is 31.4 Å². The van der Waals surface area contributed by atoms with Crippen LogP contribution in [0.15, 0.2) is 35.5 Å². The molecule has 0 radical (unpaired) electrons. The van der Waals surface area contributed by atoms with Crippen molar-refractivity contribution in [3.8, 4) is 0 Å². The van der Waals surface area contributed by atoms with Crippen LogP contribution >= 0.6 is 0 Å². The maximum absolute atomic E-state index is 12.0. The van der Waals surface area contributed by atoms with Gasteiger partial charge in [0.1, 0.15) is 18.8 Å². The Morgan fingerprint density at radius 1 is 1.32 bits per heavy atom. The molecule has 25 heavy (non-hydrogen) atoms. The number of ether oxygens (including phenoxy) is 3. The SMILES string of the molecule is C=C1C(=O)O[C@@H]2/C=C(\C)CC/C=C(/COC(C)=O)C[C@@H](OC(C)=O)[C@@H]12. The Balaban J connectivity index is 2.35. The molecule has 136 valence electrons. The van der Waals surface area contributed by atoms with Gasteiger partial charge in [-0.25, -0.2) is 4.79 Å². The summed E-state index contributed by atoms with van der Waals surface area (Å²) in [7, 11) is 0. The average Bonchev–Trinajstić information content (AvgIpc) is 2.77. The Bertz CT molecular complexity index is 642. The standard InChI is InChI=1S/C19H24O6/c1-11-6-5-7-15(10-23-13(3)20)9-17(24-14(4)21)18-12(2)19(22)25-16(18)8-11/h7-8,16-18H,2,5-6,9-10H2,1,3-4H3/b11-8+,15-7+/t16-,17-,18+/m1/s1. The minimum atomic E-state index is -0.606. The van der Waals surface area contributed by atoms with E-state index in [1.165, 1.54) is 13.8 Å². The van der Waals surface area contributed by atoms with Crippen LogP contribution in [0.5, 0.6) is 0 Å². The molecule has 6 nitrogen and oxygen atoms in total. The first kappa shape index (κ1) is 19.0. The molecule has 6 heteroatoms. The molecule has 3 atom stereocenters. The van der Waals surface area contributed by atoms with E-state index >= 15 is 0 Å². The van der Waals surface area contributed by atoms with Crippen LogP contribution in [-0.2, 0) is 28.6 Å². The summed E-state index contributed by atoms with van der Waals surface area (Å²) in [6.07, 6.45) is 4.71. The van der Waals surface area contributed by atoms with Gasteiger partial charge in [0.05, 0.1) is 5.92 Å². The summed E-state index contributed by atoms with van der Waals surface area (Å²) in [4.78, 5) is 34.7. The molecule has 0 unspecified atom stereocenters. The van der Waals surface area contributed by atoms with Gasteiger partial charge in [0.2, 0.25) is 0 Å². The van der Waals surface area contributed by atoms with Crippen molar-refractivity contribution < 1.29 is 28.6 Å². The predicted octanol–water partition coefficient (Wildman–Crippen LogP) is 2.64. The number of fused-ring (bicyclic) bond motifs is 1. The Morgan fingerprint density at radius 3 is 2.68 bits per heavy atom. The summed E-state index contributed by atoms with van der Waals surface area (Å²) < 4.78 is 16.0. The van der Waals surface area contributed by atoms with Gasteiger partial charge in [0, 0.05) is 25.8 Å². The van der Waals surface area contributed by atoms with Gasteiger partial charge >= 0.3 is 17.9 Å². The van der Waals surface area contributed by atoms with E-state index in [4.69, 9.17) is 14.2 Å². The number of rotatable bonds is 3. The molecule has 1 fully saturated rings. The molecule has 2 aliphatic rings.